The molecule has 6 nitrogen and oxygen atoms in total. The van der Waals surface area contributed by atoms with Crippen LogP contribution in [0.2, 0.25) is 0 Å². The van der Waals surface area contributed by atoms with Crippen LogP contribution in [0.25, 0.3) is 11.0 Å². The molecular weight excluding hydrogens is 342 g/mol. The van der Waals surface area contributed by atoms with Crippen molar-refractivity contribution in [3.63, 3.8) is 0 Å². The average molecular weight is 373 g/mol. The molecule has 1 fully saturated rings. The summed E-state index contributed by atoms with van der Waals surface area (Å²) in [4.78, 5) is 26.7. The fraction of sp³-hybridized carbons (Fsp3) is 0.619. The number of methoxy groups -OCH3 is 1. The van der Waals surface area contributed by atoms with Gasteiger partial charge in [-0.3, -0.25) is 9.36 Å². The minimum absolute atomic E-state index is 0.0730. The minimum Gasteiger partial charge on any atom is -0.497 e. The van der Waals surface area contributed by atoms with Gasteiger partial charge in [0.1, 0.15) is 5.75 Å². The van der Waals surface area contributed by atoms with E-state index in [1.165, 1.54) is 4.57 Å². The second-order valence-electron chi connectivity index (χ2n) is 8.18. The standard InChI is InChI=1S/C21H31N3O3/c1-13(2)16-7-5-14(3)11-17(16)20(25)24-18-8-6-15(27-4)12-19(18)23(10-9-22)21(24)26/h6,8,12-14,16-17H,5,7,9-11,22H2,1-4H3/t14-,16+,17-/m1/s1. The predicted molar refractivity (Wildman–Crippen MR) is 107 cm³/mol. The SMILES string of the molecule is COc1ccc2c(c1)n(CCN)c(=O)n2C(=O)[C@@H]1C[C@H](C)CC[C@H]1C(C)C. The molecule has 1 heterocycles. The first-order valence-electron chi connectivity index (χ1n) is 9.92. The Hall–Kier alpha value is -2.08. The lowest BCUT2D eigenvalue weighted by Crippen LogP contribution is -2.40. The van der Waals surface area contributed by atoms with Crippen LogP contribution < -0.4 is 16.2 Å². The van der Waals surface area contributed by atoms with Crippen molar-refractivity contribution in [2.75, 3.05) is 13.7 Å². The highest BCUT2D eigenvalue weighted by molar-refractivity contribution is 5.92. The van der Waals surface area contributed by atoms with Gasteiger partial charge in [-0.1, -0.05) is 27.2 Å². The highest BCUT2D eigenvalue weighted by atomic mass is 16.5. The van der Waals surface area contributed by atoms with E-state index in [2.05, 4.69) is 20.8 Å². The van der Waals surface area contributed by atoms with Gasteiger partial charge in [-0.15, -0.1) is 0 Å². The number of carbonyl (C=O) groups excluding carboxylic acids is 1. The van der Waals surface area contributed by atoms with E-state index in [1.807, 2.05) is 0 Å². The Morgan fingerprint density at radius 2 is 2.04 bits per heavy atom. The maximum atomic E-state index is 13.6. The quantitative estimate of drug-likeness (QED) is 0.873. The summed E-state index contributed by atoms with van der Waals surface area (Å²) in [6, 6.07) is 5.40. The third-order valence-corrected chi connectivity index (χ3v) is 6.05. The number of benzene rings is 1. The molecule has 0 bridgehead atoms. The number of ether oxygens (including phenoxy) is 1. The Balaban J connectivity index is 2.13. The van der Waals surface area contributed by atoms with E-state index >= 15 is 0 Å². The molecule has 1 aromatic heterocycles. The second-order valence-corrected chi connectivity index (χ2v) is 8.18. The lowest BCUT2D eigenvalue weighted by molar-refractivity contribution is 0.0633. The molecule has 1 aliphatic rings. The Labute approximate surface area is 160 Å². The Morgan fingerprint density at radius 3 is 2.67 bits per heavy atom. The van der Waals surface area contributed by atoms with Gasteiger partial charge in [-0.2, -0.15) is 0 Å². The molecule has 3 rings (SSSR count). The van der Waals surface area contributed by atoms with Crippen LogP contribution in [0.1, 0.15) is 44.8 Å². The fourth-order valence-corrected chi connectivity index (χ4v) is 4.57. The van der Waals surface area contributed by atoms with Gasteiger partial charge in [0.25, 0.3) is 0 Å². The van der Waals surface area contributed by atoms with E-state index in [4.69, 9.17) is 10.5 Å². The van der Waals surface area contributed by atoms with Gasteiger partial charge in [-0.25, -0.2) is 9.36 Å². The molecule has 0 radical (unpaired) electrons. The number of nitrogens with two attached hydrogens (primary N) is 1. The lowest BCUT2D eigenvalue weighted by atomic mass is 9.69. The molecule has 6 heteroatoms. The molecule has 148 valence electrons. The number of rotatable bonds is 5. The summed E-state index contributed by atoms with van der Waals surface area (Å²) in [5.41, 5.74) is 6.75. The van der Waals surface area contributed by atoms with Crippen LogP contribution in [0, 0.1) is 23.7 Å². The third kappa shape index (κ3) is 3.55. The van der Waals surface area contributed by atoms with Crippen LogP contribution in [0.15, 0.2) is 23.0 Å². The van der Waals surface area contributed by atoms with E-state index in [9.17, 15) is 9.59 Å². The smallest absolute Gasteiger partial charge is 0.336 e. The van der Waals surface area contributed by atoms with Gasteiger partial charge in [0.2, 0.25) is 5.91 Å². The first kappa shape index (κ1) is 19.7. The Kier molecular flexibility index (Phi) is 5.75. The van der Waals surface area contributed by atoms with Crippen LogP contribution in [0.5, 0.6) is 5.75 Å². The highest BCUT2D eigenvalue weighted by Gasteiger charge is 2.37. The summed E-state index contributed by atoms with van der Waals surface area (Å²) >= 11 is 0. The highest BCUT2D eigenvalue weighted by Crippen LogP contribution is 2.39. The zero-order valence-electron chi connectivity index (χ0n) is 16.8. The van der Waals surface area contributed by atoms with Crippen LogP contribution >= 0.6 is 0 Å². The summed E-state index contributed by atoms with van der Waals surface area (Å²) in [5, 5.41) is 0. The summed E-state index contributed by atoms with van der Waals surface area (Å²) in [6.45, 7) is 7.25. The maximum absolute atomic E-state index is 13.6. The largest absolute Gasteiger partial charge is 0.497 e. The molecule has 0 saturated heterocycles. The van der Waals surface area contributed by atoms with Crippen molar-refractivity contribution >= 4 is 16.9 Å². The number of hydrogen-bond acceptors (Lipinski definition) is 4. The summed E-state index contributed by atoms with van der Waals surface area (Å²) in [7, 11) is 1.59. The van der Waals surface area contributed by atoms with Gasteiger partial charge in [0.15, 0.2) is 0 Å². The molecule has 0 amide bonds. The van der Waals surface area contributed by atoms with Gasteiger partial charge in [-0.05, 0) is 42.7 Å². The van der Waals surface area contributed by atoms with E-state index in [-0.39, 0.29) is 17.5 Å². The van der Waals surface area contributed by atoms with Gasteiger partial charge in [0.05, 0.1) is 18.1 Å². The predicted octanol–water partition coefficient (Wildman–Crippen LogP) is 3.12. The molecule has 1 aliphatic carbocycles. The molecule has 27 heavy (non-hydrogen) atoms. The maximum Gasteiger partial charge on any atom is 0.336 e. The van der Waals surface area contributed by atoms with Gasteiger partial charge in [0, 0.05) is 25.1 Å². The zero-order chi connectivity index (χ0) is 19.7. The van der Waals surface area contributed by atoms with Crippen molar-refractivity contribution in [1.82, 2.24) is 9.13 Å². The topological polar surface area (TPSA) is 79.2 Å². The number of carbonyl (C=O) groups is 1. The van der Waals surface area contributed by atoms with Crippen molar-refractivity contribution in [3.05, 3.63) is 28.7 Å². The third-order valence-electron chi connectivity index (χ3n) is 6.05. The van der Waals surface area contributed by atoms with E-state index in [1.54, 1.807) is 29.9 Å². The van der Waals surface area contributed by atoms with Crippen LogP contribution in [-0.4, -0.2) is 28.7 Å². The molecular formula is C21H31N3O3. The van der Waals surface area contributed by atoms with E-state index in [0.717, 1.165) is 19.3 Å². The Morgan fingerprint density at radius 1 is 1.30 bits per heavy atom. The van der Waals surface area contributed by atoms with Crippen molar-refractivity contribution in [2.45, 2.75) is 46.6 Å². The van der Waals surface area contributed by atoms with Crippen molar-refractivity contribution < 1.29 is 9.53 Å². The fourth-order valence-electron chi connectivity index (χ4n) is 4.57. The monoisotopic (exact) mass is 373 g/mol. The second kappa shape index (κ2) is 7.89. The number of imidazole rings is 1. The number of nitrogens with zero attached hydrogens (tertiary/aromatic N) is 2. The summed E-state index contributed by atoms with van der Waals surface area (Å²) in [6.07, 6.45) is 3.03. The van der Waals surface area contributed by atoms with Crippen LogP contribution in [0.4, 0.5) is 0 Å². The minimum atomic E-state index is -0.297. The first-order valence-corrected chi connectivity index (χ1v) is 9.92. The molecule has 0 unspecified atom stereocenters. The molecule has 1 aromatic carbocycles. The average Bonchev–Trinajstić information content (AvgIpc) is 2.92. The van der Waals surface area contributed by atoms with Crippen LogP contribution in [0.3, 0.4) is 0 Å². The van der Waals surface area contributed by atoms with Gasteiger partial charge < -0.3 is 10.5 Å². The molecule has 2 aromatic rings. The lowest BCUT2D eigenvalue weighted by Gasteiger charge is -2.36. The van der Waals surface area contributed by atoms with Crippen molar-refractivity contribution in [2.24, 2.45) is 29.4 Å². The molecule has 2 N–H and O–H groups in total. The summed E-state index contributed by atoms with van der Waals surface area (Å²) in [5.74, 6) is 1.69. The number of fused-ring (bicyclic) bond motifs is 1. The number of hydrogen-bond donors (Lipinski definition) is 1. The first-order chi connectivity index (χ1) is 12.9. The molecule has 0 spiro atoms. The molecule has 1 saturated carbocycles. The van der Waals surface area contributed by atoms with Gasteiger partial charge >= 0.3 is 5.69 Å². The van der Waals surface area contributed by atoms with Crippen LogP contribution in [-0.2, 0) is 6.54 Å². The number of aromatic nitrogens is 2. The van der Waals surface area contributed by atoms with Crippen molar-refractivity contribution in [1.29, 1.82) is 0 Å². The van der Waals surface area contributed by atoms with E-state index in [0.29, 0.717) is 47.6 Å². The molecule has 0 aliphatic heterocycles. The normalized spacial score (nSPS) is 23.1. The Bertz CT molecular complexity index is 881. The zero-order valence-corrected chi connectivity index (χ0v) is 16.8. The van der Waals surface area contributed by atoms with E-state index < -0.39 is 0 Å². The van der Waals surface area contributed by atoms with Crippen molar-refractivity contribution in [3.8, 4) is 5.75 Å². The molecule has 3 atom stereocenters. The summed E-state index contributed by atoms with van der Waals surface area (Å²) < 4.78 is 8.27.